The average Bonchev–Trinajstić information content (AvgIpc) is 3.52. The molecule has 8 nitrogen and oxygen atoms in total. The van der Waals surface area contributed by atoms with Crippen molar-refractivity contribution >= 4 is 29.1 Å². The molecule has 0 radical (unpaired) electrons. The van der Waals surface area contributed by atoms with Crippen LogP contribution >= 0.6 is 0 Å². The minimum absolute atomic E-state index is 0.00930. The van der Waals surface area contributed by atoms with Gasteiger partial charge in [-0.2, -0.15) is 0 Å². The molecule has 0 spiro atoms. The molecule has 0 aromatic heterocycles. The van der Waals surface area contributed by atoms with Gasteiger partial charge in [-0.15, -0.1) is 0 Å². The van der Waals surface area contributed by atoms with Gasteiger partial charge in [0, 0.05) is 48.9 Å². The largest absolute Gasteiger partial charge is 0.352 e. The summed E-state index contributed by atoms with van der Waals surface area (Å²) in [4.78, 5) is 43.9. The summed E-state index contributed by atoms with van der Waals surface area (Å²) in [6, 6.07) is 14.9. The van der Waals surface area contributed by atoms with Crippen LogP contribution in [0.15, 0.2) is 48.5 Å². The van der Waals surface area contributed by atoms with Gasteiger partial charge in [-0.25, -0.2) is 0 Å². The Kier molecular flexibility index (Phi) is 8.38. The van der Waals surface area contributed by atoms with E-state index < -0.39 is 0 Å². The van der Waals surface area contributed by atoms with E-state index in [4.69, 9.17) is 0 Å². The number of likely N-dealkylation sites (tertiary alicyclic amines) is 1. The highest BCUT2D eigenvalue weighted by Gasteiger charge is 2.31. The maximum atomic E-state index is 12.7. The molecule has 2 saturated heterocycles. The van der Waals surface area contributed by atoms with Gasteiger partial charge in [0.15, 0.2) is 0 Å². The van der Waals surface area contributed by atoms with E-state index in [-0.39, 0.29) is 29.7 Å². The van der Waals surface area contributed by atoms with E-state index in [1.54, 1.807) is 4.90 Å². The Bertz CT molecular complexity index is 1080. The molecule has 2 unspecified atom stereocenters. The van der Waals surface area contributed by atoms with E-state index in [9.17, 15) is 14.4 Å². The first kappa shape index (κ1) is 25.9. The molecule has 2 aromatic rings. The van der Waals surface area contributed by atoms with Crippen LogP contribution < -0.4 is 15.5 Å². The Morgan fingerprint density at radius 3 is 2.50 bits per heavy atom. The van der Waals surface area contributed by atoms with Gasteiger partial charge in [-0.1, -0.05) is 12.1 Å². The molecule has 3 amide bonds. The van der Waals surface area contributed by atoms with Gasteiger partial charge in [0.1, 0.15) is 0 Å². The van der Waals surface area contributed by atoms with Crippen LogP contribution in [0, 0.1) is 5.92 Å². The predicted octanol–water partition coefficient (Wildman–Crippen LogP) is 2.95. The van der Waals surface area contributed by atoms with Gasteiger partial charge in [-0.05, 0) is 88.9 Å². The minimum Gasteiger partial charge on any atom is -0.352 e. The van der Waals surface area contributed by atoms with Crippen LogP contribution in [0.5, 0.6) is 0 Å². The van der Waals surface area contributed by atoms with Gasteiger partial charge < -0.3 is 20.4 Å². The summed E-state index contributed by atoms with van der Waals surface area (Å²) in [5.74, 6) is -0.0384. The van der Waals surface area contributed by atoms with Crippen molar-refractivity contribution in [1.29, 1.82) is 0 Å². The molecule has 4 rings (SSSR count). The first-order valence-corrected chi connectivity index (χ1v) is 12.8. The molecular formula is C28H37N5O3. The number of benzene rings is 2. The third-order valence-corrected chi connectivity index (χ3v) is 6.96. The van der Waals surface area contributed by atoms with E-state index in [1.807, 2.05) is 69.6 Å². The van der Waals surface area contributed by atoms with Crippen molar-refractivity contribution in [2.45, 2.75) is 38.8 Å². The minimum atomic E-state index is -0.154. The molecule has 2 atom stereocenters. The average molecular weight is 492 g/mol. The van der Waals surface area contributed by atoms with Crippen molar-refractivity contribution in [3.05, 3.63) is 59.7 Å². The Hall–Kier alpha value is -3.23. The lowest BCUT2D eigenvalue weighted by molar-refractivity contribution is -0.120. The SMILES string of the molecule is CC(C(=O)Nc1ccc(N2CC(CNC(=O)c3cccc(CN(C)C)c3)CC2=O)cc1)N1CCCC1. The lowest BCUT2D eigenvalue weighted by atomic mass is 10.1. The molecule has 2 aromatic carbocycles. The molecule has 0 aliphatic carbocycles. The number of nitrogens with one attached hydrogen (secondary N) is 2. The molecule has 192 valence electrons. The lowest BCUT2D eigenvalue weighted by Crippen LogP contribution is -2.40. The third-order valence-electron chi connectivity index (χ3n) is 6.96. The van der Waals surface area contributed by atoms with Crippen LogP contribution in [-0.2, 0) is 16.1 Å². The Balaban J connectivity index is 1.28. The summed E-state index contributed by atoms with van der Waals surface area (Å²) in [5, 5.41) is 5.98. The van der Waals surface area contributed by atoms with Crippen molar-refractivity contribution in [3.63, 3.8) is 0 Å². The number of carbonyl (C=O) groups excluding carboxylic acids is 3. The van der Waals surface area contributed by atoms with Gasteiger partial charge in [0.05, 0.1) is 6.04 Å². The van der Waals surface area contributed by atoms with Crippen molar-refractivity contribution in [1.82, 2.24) is 15.1 Å². The molecular weight excluding hydrogens is 454 g/mol. The van der Waals surface area contributed by atoms with Gasteiger partial charge in [0.25, 0.3) is 5.91 Å². The van der Waals surface area contributed by atoms with Gasteiger partial charge >= 0.3 is 0 Å². The molecule has 36 heavy (non-hydrogen) atoms. The number of amides is 3. The van der Waals surface area contributed by atoms with Crippen LogP contribution in [0.2, 0.25) is 0 Å². The second kappa shape index (κ2) is 11.7. The van der Waals surface area contributed by atoms with E-state index >= 15 is 0 Å². The predicted molar refractivity (Wildman–Crippen MR) is 142 cm³/mol. The van der Waals surface area contributed by atoms with Crippen LogP contribution in [-0.4, -0.2) is 73.8 Å². The van der Waals surface area contributed by atoms with E-state index in [0.717, 1.165) is 49.4 Å². The first-order valence-electron chi connectivity index (χ1n) is 12.8. The fraction of sp³-hybridized carbons (Fsp3) is 0.464. The number of rotatable bonds is 9. The highest BCUT2D eigenvalue weighted by molar-refractivity contribution is 5.98. The van der Waals surface area contributed by atoms with E-state index in [0.29, 0.717) is 25.1 Å². The number of nitrogens with zero attached hydrogens (tertiary/aromatic N) is 3. The summed E-state index contributed by atoms with van der Waals surface area (Å²) in [7, 11) is 3.99. The first-order chi connectivity index (χ1) is 17.3. The van der Waals surface area contributed by atoms with Crippen molar-refractivity contribution in [2.75, 3.05) is 50.5 Å². The Morgan fingerprint density at radius 2 is 1.81 bits per heavy atom. The quantitative estimate of drug-likeness (QED) is 0.564. The summed E-state index contributed by atoms with van der Waals surface area (Å²) in [6.07, 6.45) is 2.68. The normalized spacial score (nSPS) is 19.1. The summed E-state index contributed by atoms with van der Waals surface area (Å²) < 4.78 is 0. The lowest BCUT2D eigenvalue weighted by Gasteiger charge is -2.23. The van der Waals surface area contributed by atoms with Gasteiger partial charge in [0.2, 0.25) is 11.8 Å². The summed E-state index contributed by atoms with van der Waals surface area (Å²) in [6.45, 7) is 5.65. The molecule has 2 fully saturated rings. The highest BCUT2D eigenvalue weighted by Crippen LogP contribution is 2.26. The zero-order valence-corrected chi connectivity index (χ0v) is 21.5. The maximum Gasteiger partial charge on any atom is 0.251 e. The van der Waals surface area contributed by atoms with Crippen molar-refractivity contribution in [3.8, 4) is 0 Å². The monoisotopic (exact) mass is 491 g/mol. The molecule has 0 bridgehead atoms. The molecule has 8 heteroatoms. The third kappa shape index (κ3) is 6.50. The van der Waals surface area contributed by atoms with E-state index in [1.165, 1.54) is 0 Å². The fourth-order valence-electron chi connectivity index (χ4n) is 4.95. The molecule has 2 aliphatic rings. The second-order valence-corrected chi connectivity index (χ2v) is 10.2. The number of carbonyl (C=O) groups is 3. The standard InChI is InChI=1S/C28H37N5O3/c1-20(32-13-4-5-14-32)27(35)30-24-9-11-25(12-10-24)33-19-22(16-26(33)34)17-29-28(36)23-8-6-7-21(15-23)18-31(2)3/h6-12,15,20,22H,4-5,13-14,16-19H2,1-3H3,(H,29,36)(H,30,35). The Morgan fingerprint density at radius 1 is 1.08 bits per heavy atom. The highest BCUT2D eigenvalue weighted by atomic mass is 16.2. The maximum absolute atomic E-state index is 12.7. The molecule has 2 aliphatic heterocycles. The molecule has 2 N–H and O–H groups in total. The van der Waals surface area contributed by atoms with Crippen LogP contribution in [0.4, 0.5) is 11.4 Å². The second-order valence-electron chi connectivity index (χ2n) is 10.2. The smallest absolute Gasteiger partial charge is 0.251 e. The molecule has 0 saturated carbocycles. The number of hydrogen-bond donors (Lipinski definition) is 2. The van der Waals surface area contributed by atoms with Crippen molar-refractivity contribution in [2.24, 2.45) is 5.92 Å². The number of hydrogen-bond acceptors (Lipinski definition) is 5. The van der Waals surface area contributed by atoms with Crippen LogP contribution in [0.1, 0.15) is 42.1 Å². The van der Waals surface area contributed by atoms with Gasteiger partial charge in [-0.3, -0.25) is 19.3 Å². The van der Waals surface area contributed by atoms with E-state index in [2.05, 4.69) is 20.4 Å². The Labute approximate surface area is 213 Å². The topological polar surface area (TPSA) is 85.0 Å². The molecule has 2 heterocycles. The number of anilines is 2. The zero-order chi connectivity index (χ0) is 25.7. The van der Waals surface area contributed by atoms with Crippen molar-refractivity contribution < 1.29 is 14.4 Å². The fourth-order valence-corrected chi connectivity index (χ4v) is 4.95. The summed E-state index contributed by atoms with van der Waals surface area (Å²) >= 11 is 0. The summed E-state index contributed by atoms with van der Waals surface area (Å²) in [5.41, 5.74) is 3.24. The zero-order valence-electron chi connectivity index (χ0n) is 21.5. The van der Waals surface area contributed by atoms with Crippen LogP contribution in [0.3, 0.4) is 0 Å². The van der Waals surface area contributed by atoms with Crippen LogP contribution in [0.25, 0.3) is 0 Å².